The quantitative estimate of drug-likeness (QED) is 0.747. The molecule has 1 atom stereocenters. The van der Waals surface area contributed by atoms with E-state index in [0.717, 1.165) is 12.8 Å². The molecule has 1 N–H and O–H groups in total. The highest BCUT2D eigenvalue weighted by Crippen LogP contribution is 2.40. The van der Waals surface area contributed by atoms with Crippen molar-refractivity contribution in [1.29, 1.82) is 0 Å². The van der Waals surface area contributed by atoms with Crippen LogP contribution in [0, 0.1) is 0 Å². The molecule has 0 bridgehead atoms. The van der Waals surface area contributed by atoms with Gasteiger partial charge in [-0.25, -0.2) is 0 Å². The van der Waals surface area contributed by atoms with Gasteiger partial charge in [-0.3, -0.25) is 0 Å². The minimum absolute atomic E-state index is 0.156. The van der Waals surface area contributed by atoms with Gasteiger partial charge >= 0.3 is 7.12 Å². The molecule has 1 aliphatic carbocycles. The van der Waals surface area contributed by atoms with Gasteiger partial charge in [-0.15, -0.1) is 0 Å². The third kappa shape index (κ3) is 2.44. The zero-order valence-electron chi connectivity index (χ0n) is 11.7. The van der Waals surface area contributed by atoms with E-state index >= 15 is 0 Å². The van der Waals surface area contributed by atoms with Crippen LogP contribution in [0.3, 0.4) is 0 Å². The van der Waals surface area contributed by atoms with Crippen LogP contribution < -0.4 is 5.32 Å². The van der Waals surface area contributed by atoms with E-state index in [4.69, 9.17) is 9.31 Å². The highest BCUT2D eigenvalue weighted by atomic mass is 16.7. The Hall–Kier alpha value is -0.315. The van der Waals surface area contributed by atoms with Crippen molar-refractivity contribution in [3.8, 4) is 0 Å². The van der Waals surface area contributed by atoms with E-state index in [1.54, 1.807) is 0 Å². The van der Waals surface area contributed by atoms with Crippen LogP contribution in [-0.4, -0.2) is 31.4 Å². The van der Waals surface area contributed by atoms with Gasteiger partial charge in [0.15, 0.2) is 0 Å². The summed E-state index contributed by atoms with van der Waals surface area (Å²) in [6, 6.07) is 0.564. The normalized spacial score (nSPS) is 31.5. The van der Waals surface area contributed by atoms with Gasteiger partial charge in [-0.1, -0.05) is 6.08 Å². The van der Waals surface area contributed by atoms with Crippen molar-refractivity contribution in [2.45, 2.75) is 64.2 Å². The molecule has 17 heavy (non-hydrogen) atoms. The van der Waals surface area contributed by atoms with Gasteiger partial charge in [0.2, 0.25) is 0 Å². The average Bonchev–Trinajstić information content (AvgIpc) is 2.48. The summed E-state index contributed by atoms with van der Waals surface area (Å²) in [6.45, 7) is 8.41. The minimum Gasteiger partial charge on any atom is -0.400 e. The lowest BCUT2D eigenvalue weighted by Gasteiger charge is -2.32. The summed E-state index contributed by atoms with van der Waals surface area (Å²) in [5.74, 6) is 0. The fourth-order valence-electron chi connectivity index (χ4n) is 2.37. The zero-order chi connectivity index (χ0) is 12.7. The molecular formula is C13H24BNO2. The van der Waals surface area contributed by atoms with E-state index in [9.17, 15) is 0 Å². The Labute approximate surface area is 105 Å². The summed E-state index contributed by atoms with van der Waals surface area (Å²) < 4.78 is 12.2. The average molecular weight is 237 g/mol. The predicted octanol–water partition coefficient (Wildman–Crippen LogP) is 2.32. The second-order valence-electron chi connectivity index (χ2n) is 6.13. The van der Waals surface area contributed by atoms with E-state index in [-0.39, 0.29) is 18.3 Å². The molecule has 0 aromatic heterocycles. The molecule has 1 heterocycles. The predicted molar refractivity (Wildman–Crippen MR) is 70.9 cm³/mol. The van der Waals surface area contributed by atoms with Crippen molar-refractivity contribution >= 4 is 7.12 Å². The van der Waals surface area contributed by atoms with Gasteiger partial charge in [0, 0.05) is 6.04 Å². The fraction of sp³-hybridized carbons (Fsp3) is 0.846. The molecule has 1 aliphatic heterocycles. The Bertz CT molecular complexity index is 309. The molecule has 4 heteroatoms. The van der Waals surface area contributed by atoms with E-state index in [1.807, 2.05) is 7.05 Å². The molecule has 1 saturated heterocycles. The second kappa shape index (κ2) is 4.41. The lowest BCUT2D eigenvalue weighted by molar-refractivity contribution is 0.00578. The summed E-state index contributed by atoms with van der Waals surface area (Å²) in [7, 11) is 1.87. The lowest BCUT2D eigenvalue weighted by Crippen LogP contribution is -2.41. The summed E-state index contributed by atoms with van der Waals surface area (Å²) >= 11 is 0. The Kier molecular flexibility index (Phi) is 3.41. The van der Waals surface area contributed by atoms with Crippen LogP contribution in [0.4, 0.5) is 0 Å². The molecule has 0 aromatic rings. The summed E-state index contributed by atoms with van der Waals surface area (Å²) in [4.78, 5) is 0. The lowest BCUT2D eigenvalue weighted by atomic mass is 9.71. The first kappa shape index (κ1) is 13.1. The molecule has 96 valence electrons. The standard InChI is InChI=1S/C13H24BNO2/c1-12(2)13(3,4)17-14(16-12)10-7-6-8-11(9-10)15-5/h7,11,15H,6,8-9H2,1-5H3. The van der Waals surface area contributed by atoms with Crippen LogP contribution in [0.2, 0.25) is 0 Å². The molecule has 3 nitrogen and oxygen atoms in total. The maximum atomic E-state index is 6.08. The van der Waals surface area contributed by atoms with Crippen molar-refractivity contribution in [3.05, 3.63) is 11.5 Å². The van der Waals surface area contributed by atoms with Crippen LogP contribution in [0.25, 0.3) is 0 Å². The molecule has 2 rings (SSSR count). The fourth-order valence-corrected chi connectivity index (χ4v) is 2.37. The highest BCUT2D eigenvalue weighted by Gasteiger charge is 2.52. The molecule has 0 aromatic carbocycles. The molecule has 0 saturated carbocycles. The van der Waals surface area contributed by atoms with Gasteiger partial charge in [0.05, 0.1) is 11.2 Å². The van der Waals surface area contributed by atoms with Gasteiger partial charge in [0.1, 0.15) is 0 Å². The van der Waals surface area contributed by atoms with Crippen molar-refractivity contribution < 1.29 is 9.31 Å². The third-order valence-corrected chi connectivity index (χ3v) is 4.37. The van der Waals surface area contributed by atoms with E-state index in [2.05, 4.69) is 39.1 Å². The van der Waals surface area contributed by atoms with Crippen LogP contribution in [0.15, 0.2) is 11.5 Å². The molecule has 1 fully saturated rings. The Morgan fingerprint density at radius 1 is 1.24 bits per heavy atom. The molecule has 0 radical (unpaired) electrons. The topological polar surface area (TPSA) is 30.5 Å². The first-order chi connectivity index (χ1) is 7.86. The molecule has 0 amide bonds. The molecule has 0 spiro atoms. The van der Waals surface area contributed by atoms with Crippen molar-refractivity contribution in [3.63, 3.8) is 0 Å². The largest absolute Gasteiger partial charge is 0.490 e. The highest BCUT2D eigenvalue weighted by molar-refractivity contribution is 6.54. The van der Waals surface area contributed by atoms with Crippen molar-refractivity contribution in [2.75, 3.05) is 7.05 Å². The van der Waals surface area contributed by atoms with Crippen LogP contribution >= 0.6 is 0 Å². The first-order valence-electron chi connectivity index (χ1n) is 6.57. The number of allylic oxidation sites excluding steroid dienone is 1. The number of rotatable bonds is 2. The second-order valence-corrected chi connectivity index (χ2v) is 6.13. The Morgan fingerprint density at radius 3 is 2.35 bits per heavy atom. The number of nitrogens with one attached hydrogen (secondary N) is 1. The summed E-state index contributed by atoms with van der Waals surface area (Å²) in [5.41, 5.74) is 0.838. The van der Waals surface area contributed by atoms with Crippen molar-refractivity contribution in [2.24, 2.45) is 0 Å². The van der Waals surface area contributed by atoms with E-state index in [1.165, 1.54) is 11.9 Å². The monoisotopic (exact) mass is 237 g/mol. The Morgan fingerprint density at radius 2 is 1.82 bits per heavy atom. The van der Waals surface area contributed by atoms with Crippen LogP contribution in [0.5, 0.6) is 0 Å². The maximum absolute atomic E-state index is 6.08. The van der Waals surface area contributed by atoms with Crippen LogP contribution in [0.1, 0.15) is 47.0 Å². The van der Waals surface area contributed by atoms with Gasteiger partial charge in [-0.2, -0.15) is 0 Å². The summed E-state index contributed by atoms with van der Waals surface area (Å²) in [6.07, 6.45) is 5.65. The van der Waals surface area contributed by atoms with Crippen LogP contribution in [-0.2, 0) is 9.31 Å². The summed E-state index contributed by atoms with van der Waals surface area (Å²) in [5, 5.41) is 3.35. The van der Waals surface area contributed by atoms with E-state index in [0.29, 0.717) is 6.04 Å². The Balaban J connectivity index is 2.08. The third-order valence-electron chi connectivity index (χ3n) is 4.37. The zero-order valence-corrected chi connectivity index (χ0v) is 11.7. The first-order valence-corrected chi connectivity index (χ1v) is 6.57. The molecule has 2 aliphatic rings. The van der Waals surface area contributed by atoms with E-state index < -0.39 is 0 Å². The minimum atomic E-state index is -0.231. The van der Waals surface area contributed by atoms with Gasteiger partial charge in [0.25, 0.3) is 0 Å². The van der Waals surface area contributed by atoms with Gasteiger partial charge < -0.3 is 14.6 Å². The van der Waals surface area contributed by atoms with Crippen molar-refractivity contribution in [1.82, 2.24) is 5.32 Å². The van der Waals surface area contributed by atoms with Gasteiger partial charge in [-0.05, 0) is 59.5 Å². The molecule has 1 unspecified atom stereocenters. The number of hydrogen-bond donors (Lipinski definition) is 1. The SMILES string of the molecule is CNC1CCC=C(B2OC(C)(C)C(C)(C)O2)C1. The smallest absolute Gasteiger partial charge is 0.400 e. The molecular weight excluding hydrogens is 213 g/mol. The number of hydrogen-bond acceptors (Lipinski definition) is 3. The maximum Gasteiger partial charge on any atom is 0.490 e.